The van der Waals surface area contributed by atoms with Gasteiger partial charge in [0.15, 0.2) is 0 Å². The highest BCUT2D eigenvalue weighted by atomic mass is 35.5. The quantitative estimate of drug-likeness (QED) is 0.663. The highest BCUT2D eigenvalue weighted by Crippen LogP contribution is 2.39. The Morgan fingerprint density at radius 2 is 2.18 bits per heavy atom. The van der Waals surface area contributed by atoms with E-state index in [1.54, 1.807) is 6.20 Å². The van der Waals surface area contributed by atoms with Crippen molar-refractivity contribution in [1.82, 2.24) is 4.98 Å². The minimum absolute atomic E-state index is 0. The van der Waals surface area contributed by atoms with Gasteiger partial charge in [-0.3, -0.25) is 4.98 Å². The molecule has 0 atom stereocenters. The molecule has 2 rings (SSSR count). The first-order valence-electron chi connectivity index (χ1n) is 3.48. The Kier molecular flexibility index (Phi) is 2.74. The Morgan fingerprint density at radius 1 is 1.45 bits per heavy atom. The summed E-state index contributed by atoms with van der Waals surface area (Å²) >= 11 is 5.78. The third-order valence-electron chi connectivity index (χ3n) is 1.74. The summed E-state index contributed by atoms with van der Waals surface area (Å²) < 4.78 is 0. The van der Waals surface area contributed by atoms with Gasteiger partial charge in [0.2, 0.25) is 0 Å². The molecule has 1 aromatic rings. The van der Waals surface area contributed by atoms with Gasteiger partial charge in [0.25, 0.3) is 0 Å². The highest BCUT2D eigenvalue weighted by Gasteiger charge is 2.24. The summed E-state index contributed by atoms with van der Waals surface area (Å²) in [6, 6.07) is 3.77. The lowest BCUT2D eigenvalue weighted by Crippen LogP contribution is -1.82. The van der Waals surface area contributed by atoms with Crippen LogP contribution in [0.1, 0.15) is 24.5 Å². The van der Waals surface area contributed by atoms with Crippen LogP contribution in [0, 0.1) is 0 Å². The van der Waals surface area contributed by atoms with Crippen LogP contribution in [0.3, 0.4) is 0 Å². The number of halogens is 2. The first-order valence-corrected chi connectivity index (χ1v) is 3.85. The summed E-state index contributed by atoms with van der Waals surface area (Å²) in [5.41, 5.74) is 1.16. The average Bonchev–Trinajstić information content (AvgIpc) is 2.68. The Morgan fingerprint density at radius 3 is 2.73 bits per heavy atom. The molecule has 1 heterocycles. The van der Waals surface area contributed by atoms with Crippen LogP contribution in [0.4, 0.5) is 0 Å². The maximum absolute atomic E-state index is 5.78. The second-order valence-corrected chi connectivity index (χ2v) is 3.11. The van der Waals surface area contributed by atoms with Crippen molar-refractivity contribution in [2.24, 2.45) is 0 Å². The normalized spacial score (nSPS) is 15.7. The van der Waals surface area contributed by atoms with E-state index in [-0.39, 0.29) is 12.4 Å². The number of aromatic nitrogens is 1. The van der Waals surface area contributed by atoms with Crippen molar-refractivity contribution < 1.29 is 0 Å². The van der Waals surface area contributed by atoms with E-state index < -0.39 is 0 Å². The van der Waals surface area contributed by atoms with Gasteiger partial charge in [0.1, 0.15) is 0 Å². The van der Waals surface area contributed by atoms with Gasteiger partial charge in [-0.05, 0) is 25.0 Å². The van der Waals surface area contributed by atoms with E-state index in [2.05, 4.69) is 4.98 Å². The lowest BCUT2D eigenvalue weighted by Gasteiger charge is -1.94. The van der Waals surface area contributed by atoms with Crippen molar-refractivity contribution >= 4 is 24.0 Å². The third-order valence-corrected chi connectivity index (χ3v) is 1.97. The molecular weight excluding hydrogens is 181 g/mol. The average molecular weight is 190 g/mol. The fourth-order valence-corrected chi connectivity index (χ4v) is 1.19. The molecule has 0 radical (unpaired) electrons. The molecule has 11 heavy (non-hydrogen) atoms. The van der Waals surface area contributed by atoms with E-state index in [0.29, 0.717) is 5.92 Å². The maximum atomic E-state index is 5.78. The molecule has 60 valence electrons. The largest absolute Gasteiger partial charge is 0.261 e. The smallest absolute Gasteiger partial charge is 0.0449 e. The van der Waals surface area contributed by atoms with Crippen LogP contribution in [0.2, 0.25) is 5.02 Å². The molecule has 0 bridgehead atoms. The summed E-state index contributed by atoms with van der Waals surface area (Å²) in [6.45, 7) is 0. The number of pyridine rings is 1. The molecule has 0 N–H and O–H groups in total. The number of nitrogens with zero attached hydrogens (tertiary/aromatic N) is 1. The standard InChI is InChI=1S/C8H8ClN.ClH/c9-7-3-4-10-8(5-7)6-1-2-6;/h3-6H,1-2H2;1H. The highest BCUT2D eigenvalue weighted by molar-refractivity contribution is 6.30. The molecule has 0 spiro atoms. The van der Waals surface area contributed by atoms with Crippen LogP contribution in [-0.2, 0) is 0 Å². The zero-order valence-corrected chi connectivity index (χ0v) is 7.53. The molecule has 0 amide bonds. The van der Waals surface area contributed by atoms with Crippen molar-refractivity contribution in [2.45, 2.75) is 18.8 Å². The Bertz CT molecular complexity index is 246. The van der Waals surface area contributed by atoms with E-state index in [0.717, 1.165) is 10.7 Å². The summed E-state index contributed by atoms with van der Waals surface area (Å²) in [4.78, 5) is 4.22. The van der Waals surface area contributed by atoms with E-state index in [1.807, 2.05) is 12.1 Å². The number of hydrogen-bond donors (Lipinski definition) is 0. The Hall–Kier alpha value is -0.270. The number of hydrogen-bond acceptors (Lipinski definition) is 1. The van der Waals surface area contributed by atoms with Crippen LogP contribution in [0.5, 0.6) is 0 Å². The molecule has 1 aliphatic carbocycles. The molecule has 0 aromatic carbocycles. The molecule has 1 fully saturated rings. The van der Waals surface area contributed by atoms with E-state index in [9.17, 15) is 0 Å². The molecule has 0 saturated heterocycles. The zero-order chi connectivity index (χ0) is 6.97. The topological polar surface area (TPSA) is 12.9 Å². The molecule has 3 heteroatoms. The van der Waals surface area contributed by atoms with Gasteiger partial charge in [-0.25, -0.2) is 0 Å². The third kappa shape index (κ3) is 2.08. The summed E-state index contributed by atoms with van der Waals surface area (Å²) in [7, 11) is 0. The summed E-state index contributed by atoms with van der Waals surface area (Å²) in [6.07, 6.45) is 4.34. The van der Waals surface area contributed by atoms with Crippen LogP contribution in [0.25, 0.3) is 0 Å². The first kappa shape index (κ1) is 8.82. The second kappa shape index (κ2) is 3.42. The van der Waals surface area contributed by atoms with Gasteiger partial charge in [-0.1, -0.05) is 11.6 Å². The van der Waals surface area contributed by atoms with Crippen LogP contribution in [0.15, 0.2) is 18.3 Å². The lowest BCUT2D eigenvalue weighted by molar-refractivity contribution is 1.02. The minimum atomic E-state index is 0. The zero-order valence-electron chi connectivity index (χ0n) is 5.96. The Labute approximate surface area is 77.2 Å². The lowest BCUT2D eigenvalue weighted by atomic mass is 10.2. The first-order chi connectivity index (χ1) is 4.86. The fourth-order valence-electron chi connectivity index (χ4n) is 1.02. The molecule has 1 saturated carbocycles. The van der Waals surface area contributed by atoms with Crippen LogP contribution >= 0.6 is 24.0 Å². The fraction of sp³-hybridized carbons (Fsp3) is 0.375. The second-order valence-electron chi connectivity index (χ2n) is 2.67. The summed E-state index contributed by atoms with van der Waals surface area (Å²) in [5, 5.41) is 0.803. The maximum Gasteiger partial charge on any atom is 0.0449 e. The van der Waals surface area contributed by atoms with Gasteiger partial charge in [-0.15, -0.1) is 12.4 Å². The predicted octanol–water partition coefficient (Wildman–Crippen LogP) is 3.03. The van der Waals surface area contributed by atoms with Gasteiger partial charge in [-0.2, -0.15) is 0 Å². The molecule has 1 nitrogen and oxygen atoms in total. The predicted molar refractivity (Wildman–Crippen MR) is 48.5 cm³/mol. The molecule has 0 unspecified atom stereocenters. The molecule has 1 aliphatic rings. The number of rotatable bonds is 1. The SMILES string of the molecule is Cl.Clc1ccnc(C2CC2)c1. The van der Waals surface area contributed by atoms with Crippen molar-refractivity contribution in [3.8, 4) is 0 Å². The summed E-state index contributed by atoms with van der Waals surface area (Å²) in [5.74, 6) is 0.707. The van der Waals surface area contributed by atoms with Crippen molar-refractivity contribution in [3.63, 3.8) is 0 Å². The van der Waals surface area contributed by atoms with E-state index in [4.69, 9.17) is 11.6 Å². The minimum Gasteiger partial charge on any atom is -0.261 e. The van der Waals surface area contributed by atoms with Gasteiger partial charge in [0, 0.05) is 22.8 Å². The molecule has 1 aromatic heterocycles. The van der Waals surface area contributed by atoms with Crippen LogP contribution < -0.4 is 0 Å². The van der Waals surface area contributed by atoms with Gasteiger partial charge >= 0.3 is 0 Å². The van der Waals surface area contributed by atoms with Crippen LogP contribution in [-0.4, -0.2) is 4.98 Å². The monoisotopic (exact) mass is 189 g/mol. The van der Waals surface area contributed by atoms with Crippen molar-refractivity contribution in [2.75, 3.05) is 0 Å². The Balaban J connectivity index is 0.000000605. The van der Waals surface area contributed by atoms with Gasteiger partial charge < -0.3 is 0 Å². The van der Waals surface area contributed by atoms with Crippen molar-refractivity contribution in [3.05, 3.63) is 29.0 Å². The van der Waals surface area contributed by atoms with Crippen molar-refractivity contribution in [1.29, 1.82) is 0 Å². The molecule has 0 aliphatic heterocycles. The molecular formula is C8H9Cl2N. The van der Waals surface area contributed by atoms with Gasteiger partial charge in [0.05, 0.1) is 0 Å². The van der Waals surface area contributed by atoms with E-state index >= 15 is 0 Å². The van der Waals surface area contributed by atoms with E-state index in [1.165, 1.54) is 12.8 Å².